The molecule has 0 spiro atoms. The Morgan fingerprint density at radius 1 is 1.08 bits per heavy atom. The zero-order valence-electron chi connectivity index (χ0n) is 14.0. The molecule has 0 fully saturated rings. The molecule has 0 unspecified atom stereocenters. The minimum Gasteiger partial charge on any atom is -0.342 e. The largest absolute Gasteiger partial charge is 0.342 e. The van der Waals surface area contributed by atoms with E-state index in [1.165, 1.54) is 19.1 Å². The quantitative estimate of drug-likeness (QED) is 0.812. The van der Waals surface area contributed by atoms with Crippen molar-refractivity contribution in [1.82, 2.24) is 4.90 Å². The number of hydrogen-bond donors (Lipinski definition) is 1. The van der Waals surface area contributed by atoms with Gasteiger partial charge in [0.2, 0.25) is 11.8 Å². The molecular formula is C19H20ClFN2O2. The number of carbonyl (C=O) groups is 2. The van der Waals surface area contributed by atoms with E-state index in [-0.39, 0.29) is 30.5 Å². The van der Waals surface area contributed by atoms with Gasteiger partial charge in [-0.25, -0.2) is 4.39 Å². The first-order chi connectivity index (χ1) is 12.0. The molecule has 25 heavy (non-hydrogen) atoms. The van der Waals surface area contributed by atoms with Crippen LogP contribution in [0.25, 0.3) is 0 Å². The summed E-state index contributed by atoms with van der Waals surface area (Å²) >= 11 is 5.85. The van der Waals surface area contributed by atoms with E-state index in [0.29, 0.717) is 18.0 Å². The Balaban J connectivity index is 1.84. The number of rotatable bonds is 7. The molecule has 0 saturated heterocycles. The van der Waals surface area contributed by atoms with E-state index >= 15 is 0 Å². The highest BCUT2D eigenvalue weighted by atomic mass is 35.5. The van der Waals surface area contributed by atoms with Gasteiger partial charge in [-0.2, -0.15) is 0 Å². The first kappa shape index (κ1) is 18.9. The van der Waals surface area contributed by atoms with Crippen molar-refractivity contribution >= 4 is 29.1 Å². The van der Waals surface area contributed by atoms with Crippen molar-refractivity contribution in [2.45, 2.75) is 19.8 Å². The second kappa shape index (κ2) is 9.18. The summed E-state index contributed by atoms with van der Waals surface area (Å²) in [6.45, 7) is 2.25. The maximum Gasteiger partial charge on any atom is 0.226 e. The summed E-state index contributed by atoms with van der Waals surface area (Å²) in [6.07, 6.45) is 0.778. The SMILES string of the molecule is CC(=O)N(CCC(=O)Nc1ccccc1F)CCc1ccc(Cl)cc1. The lowest BCUT2D eigenvalue weighted by atomic mass is 10.1. The van der Waals surface area contributed by atoms with Gasteiger partial charge in [0, 0.05) is 31.5 Å². The molecule has 2 rings (SSSR count). The van der Waals surface area contributed by atoms with Gasteiger partial charge in [0.1, 0.15) is 5.82 Å². The molecule has 0 saturated carbocycles. The van der Waals surface area contributed by atoms with Gasteiger partial charge in [-0.1, -0.05) is 35.9 Å². The maximum absolute atomic E-state index is 13.5. The minimum atomic E-state index is -0.484. The van der Waals surface area contributed by atoms with Crippen molar-refractivity contribution in [3.8, 4) is 0 Å². The number of para-hydroxylation sites is 1. The third-order valence-corrected chi connectivity index (χ3v) is 4.04. The third kappa shape index (κ3) is 6.19. The van der Waals surface area contributed by atoms with Crippen LogP contribution in [0.1, 0.15) is 18.9 Å². The first-order valence-electron chi connectivity index (χ1n) is 8.00. The number of benzene rings is 2. The van der Waals surface area contributed by atoms with Crippen molar-refractivity contribution < 1.29 is 14.0 Å². The number of carbonyl (C=O) groups excluding carboxylic acids is 2. The molecule has 2 aromatic carbocycles. The summed E-state index contributed by atoms with van der Waals surface area (Å²) in [4.78, 5) is 25.3. The van der Waals surface area contributed by atoms with Gasteiger partial charge in [0.25, 0.3) is 0 Å². The fraction of sp³-hybridized carbons (Fsp3) is 0.263. The second-order valence-corrected chi connectivity index (χ2v) is 6.10. The summed E-state index contributed by atoms with van der Waals surface area (Å²) in [7, 11) is 0. The number of amides is 2. The van der Waals surface area contributed by atoms with E-state index in [9.17, 15) is 14.0 Å². The summed E-state index contributed by atoms with van der Waals surface area (Å²) in [5.41, 5.74) is 1.20. The molecule has 132 valence electrons. The molecule has 1 N–H and O–H groups in total. The number of anilines is 1. The van der Waals surface area contributed by atoms with Gasteiger partial charge in [-0.15, -0.1) is 0 Å². The maximum atomic E-state index is 13.5. The summed E-state index contributed by atoms with van der Waals surface area (Å²) in [6, 6.07) is 13.4. The molecule has 0 aliphatic carbocycles. The molecule has 0 radical (unpaired) electrons. The Labute approximate surface area is 151 Å². The van der Waals surface area contributed by atoms with Crippen LogP contribution in [0.2, 0.25) is 5.02 Å². The topological polar surface area (TPSA) is 49.4 Å². The molecule has 2 aromatic rings. The highest BCUT2D eigenvalue weighted by Gasteiger charge is 2.12. The van der Waals surface area contributed by atoms with Crippen LogP contribution in [0.4, 0.5) is 10.1 Å². The minimum absolute atomic E-state index is 0.104. The Bertz CT molecular complexity index is 734. The number of halogens is 2. The molecule has 0 aliphatic rings. The van der Waals surface area contributed by atoms with Crippen molar-refractivity contribution in [3.05, 3.63) is 64.9 Å². The van der Waals surface area contributed by atoms with Crippen molar-refractivity contribution in [2.75, 3.05) is 18.4 Å². The molecular weight excluding hydrogens is 343 g/mol. The van der Waals surface area contributed by atoms with Crippen LogP contribution in [0.15, 0.2) is 48.5 Å². The van der Waals surface area contributed by atoms with Crippen LogP contribution in [-0.4, -0.2) is 29.8 Å². The van der Waals surface area contributed by atoms with Crippen LogP contribution in [0.3, 0.4) is 0 Å². The van der Waals surface area contributed by atoms with E-state index in [4.69, 9.17) is 11.6 Å². The standard InChI is InChI=1S/C19H20ClFN2O2/c1-14(24)23(12-10-15-6-8-16(20)9-7-15)13-11-19(25)22-18-5-3-2-4-17(18)21/h2-9H,10-13H2,1H3,(H,22,25). The van der Waals surface area contributed by atoms with Crippen LogP contribution >= 0.6 is 11.6 Å². The molecule has 6 heteroatoms. The fourth-order valence-electron chi connectivity index (χ4n) is 2.35. The lowest BCUT2D eigenvalue weighted by Gasteiger charge is -2.21. The van der Waals surface area contributed by atoms with E-state index in [2.05, 4.69) is 5.32 Å². The van der Waals surface area contributed by atoms with Gasteiger partial charge in [0.15, 0.2) is 0 Å². The van der Waals surface area contributed by atoms with Gasteiger partial charge in [0.05, 0.1) is 5.69 Å². The van der Waals surface area contributed by atoms with Crippen LogP contribution in [0, 0.1) is 5.82 Å². The van der Waals surface area contributed by atoms with Crippen LogP contribution < -0.4 is 5.32 Å². The molecule has 0 heterocycles. The van der Waals surface area contributed by atoms with Gasteiger partial charge < -0.3 is 10.2 Å². The Morgan fingerprint density at radius 3 is 2.40 bits per heavy atom. The van der Waals surface area contributed by atoms with E-state index in [0.717, 1.165) is 5.56 Å². The Hall–Kier alpha value is -2.40. The van der Waals surface area contributed by atoms with Crippen molar-refractivity contribution in [1.29, 1.82) is 0 Å². The number of nitrogens with zero attached hydrogens (tertiary/aromatic N) is 1. The van der Waals surface area contributed by atoms with E-state index < -0.39 is 5.82 Å². The highest BCUT2D eigenvalue weighted by molar-refractivity contribution is 6.30. The average Bonchev–Trinajstić information content (AvgIpc) is 2.58. The zero-order chi connectivity index (χ0) is 18.2. The number of hydrogen-bond acceptors (Lipinski definition) is 2. The molecule has 0 atom stereocenters. The van der Waals surface area contributed by atoms with Crippen molar-refractivity contribution in [2.24, 2.45) is 0 Å². The fourth-order valence-corrected chi connectivity index (χ4v) is 2.48. The van der Waals surface area contributed by atoms with Gasteiger partial charge in [-0.3, -0.25) is 9.59 Å². The average molecular weight is 363 g/mol. The summed E-state index contributed by atoms with van der Waals surface area (Å²) in [5.74, 6) is -0.919. The number of nitrogens with one attached hydrogen (secondary N) is 1. The third-order valence-electron chi connectivity index (χ3n) is 3.79. The molecule has 0 bridgehead atoms. The van der Waals surface area contributed by atoms with E-state index in [1.54, 1.807) is 29.2 Å². The highest BCUT2D eigenvalue weighted by Crippen LogP contribution is 2.13. The van der Waals surface area contributed by atoms with Crippen LogP contribution in [0.5, 0.6) is 0 Å². The molecule has 2 amide bonds. The van der Waals surface area contributed by atoms with E-state index in [1.807, 2.05) is 12.1 Å². The molecule has 0 aliphatic heterocycles. The van der Waals surface area contributed by atoms with Crippen LogP contribution in [-0.2, 0) is 16.0 Å². The molecule has 0 aromatic heterocycles. The monoisotopic (exact) mass is 362 g/mol. The Kier molecular flexibility index (Phi) is 6.95. The zero-order valence-corrected chi connectivity index (χ0v) is 14.7. The lowest BCUT2D eigenvalue weighted by Crippen LogP contribution is -2.33. The second-order valence-electron chi connectivity index (χ2n) is 5.66. The summed E-state index contributed by atoms with van der Waals surface area (Å²) in [5, 5.41) is 3.18. The Morgan fingerprint density at radius 2 is 1.76 bits per heavy atom. The predicted molar refractivity (Wildman–Crippen MR) is 97.1 cm³/mol. The van der Waals surface area contributed by atoms with Crippen molar-refractivity contribution in [3.63, 3.8) is 0 Å². The lowest BCUT2D eigenvalue weighted by molar-refractivity contribution is -0.129. The molecule has 4 nitrogen and oxygen atoms in total. The summed E-state index contributed by atoms with van der Waals surface area (Å²) < 4.78 is 13.5. The predicted octanol–water partition coefficient (Wildman–Crippen LogP) is 3.90. The normalized spacial score (nSPS) is 10.4. The van der Waals surface area contributed by atoms with Gasteiger partial charge in [-0.05, 0) is 36.2 Å². The smallest absolute Gasteiger partial charge is 0.226 e. The van der Waals surface area contributed by atoms with Gasteiger partial charge >= 0.3 is 0 Å². The first-order valence-corrected chi connectivity index (χ1v) is 8.38.